The van der Waals surface area contributed by atoms with E-state index in [0.717, 1.165) is 63.7 Å². The van der Waals surface area contributed by atoms with Gasteiger partial charge in [-0.2, -0.15) is 0 Å². The van der Waals surface area contributed by atoms with E-state index < -0.39 is 0 Å². The lowest BCUT2D eigenvalue weighted by atomic mass is 9.98. The molecule has 0 N–H and O–H groups in total. The van der Waals surface area contributed by atoms with Crippen LogP contribution in [0.25, 0.3) is 0 Å². The second-order valence-corrected chi connectivity index (χ2v) is 5.87. The number of hydrogen-bond acceptors (Lipinski definition) is 4. The largest absolute Gasteiger partial charge is 0.495 e. The highest BCUT2D eigenvalue weighted by molar-refractivity contribution is 5.79. The van der Waals surface area contributed by atoms with Crippen molar-refractivity contribution in [2.45, 2.75) is 12.8 Å². The Kier molecular flexibility index (Phi) is 4.83. The highest BCUT2D eigenvalue weighted by Gasteiger charge is 2.29. The molecule has 1 aromatic rings. The number of methoxy groups -OCH3 is 1. The van der Waals surface area contributed by atoms with Crippen molar-refractivity contribution in [2.75, 3.05) is 51.4 Å². The fraction of sp³-hybridized carbons (Fsp3) is 0.588. The Morgan fingerprint density at radius 3 is 2.50 bits per heavy atom. The van der Waals surface area contributed by atoms with Crippen LogP contribution in [-0.2, 0) is 9.53 Å². The zero-order valence-electron chi connectivity index (χ0n) is 13.2. The molecule has 2 aliphatic rings. The van der Waals surface area contributed by atoms with Crippen molar-refractivity contribution >= 4 is 11.6 Å². The maximum absolute atomic E-state index is 12.5. The van der Waals surface area contributed by atoms with Crippen LogP contribution in [0.3, 0.4) is 0 Å². The summed E-state index contributed by atoms with van der Waals surface area (Å²) in [4.78, 5) is 16.9. The van der Waals surface area contributed by atoms with Crippen molar-refractivity contribution in [3.63, 3.8) is 0 Å². The van der Waals surface area contributed by atoms with Crippen LogP contribution in [0.4, 0.5) is 5.69 Å². The van der Waals surface area contributed by atoms with E-state index in [2.05, 4.69) is 11.0 Å². The van der Waals surface area contributed by atoms with Gasteiger partial charge < -0.3 is 19.3 Å². The van der Waals surface area contributed by atoms with Crippen LogP contribution in [0.1, 0.15) is 12.8 Å². The molecule has 1 aromatic carbocycles. The van der Waals surface area contributed by atoms with Crippen LogP contribution in [0.15, 0.2) is 24.3 Å². The molecule has 2 fully saturated rings. The van der Waals surface area contributed by atoms with Gasteiger partial charge in [-0.25, -0.2) is 0 Å². The van der Waals surface area contributed by atoms with Crippen molar-refractivity contribution in [1.82, 2.24) is 4.90 Å². The number of para-hydroxylation sites is 2. The van der Waals surface area contributed by atoms with Crippen LogP contribution >= 0.6 is 0 Å². The van der Waals surface area contributed by atoms with Gasteiger partial charge in [0.25, 0.3) is 0 Å². The number of hydrogen-bond donors (Lipinski definition) is 0. The summed E-state index contributed by atoms with van der Waals surface area (Å²) in [5, 5.41) is 0. The Morgan fingerprint density at radius 1 is 1.14 bits per heavy atom. The van der Waals surface area contributed by atoms with Gasteiger partial charge in [-0.3, -0.25) is 4.79 Å². The van der Waals surface area contributed by atoms with Crippen LogP contribution in [0, 0.1) is 5.92 Å². The average molecular weight is 304 g/mol. The first-order chi connectivity index (χ1) is 10.8. The molecule has 0 radical (unpaired) electrons. The van der Waals surface area contributed by atoms with Gasteiger partial charge in [0, 0.05) is 45.3 Å². The minimum Gasteiger partial charge on any atom is -0.495 e. The highest BCUT2D eigenvalue weighted by atomic mass is 16.5. The number of piperazine rings is 1. The van der Waals surface area contributed by atoms with E-state index in [0.29, 0.717) is 5.91 Å². The van der Waals surface area contributed by atoms with Gasteiger partial charge in [-0.05, 0) is 25.0 Å². The predicted octanol–water partition coefficient (Wildman–Crippen LogP) is 1.77. The summed E-state index contributed by atoms with van der Waals surface area (Å²) < 4.78 is 10.8. The number of benzene rings is 1. The minimum atomic E-state index is 0.159. The number of rotatable bonds is 3. The van der Waals surface area contributed by atoms with E-state index in [1.54, 1.807) is 7.11 Å². The van der Waals surface area contributed by atoms with Crippen molar-refractivity contribution in [3.05, 3.63) is 24.3 Å². The average Bonchev–Trinajstić information content (AvgIpc) is 2.62. The highest BCUT2D eigenvalue weighted by Crippen LogP contribution is 2.28. The van der Waals surface area contributed by atoms with Gasteiger partial charge in [0.05, 0.1) is 12.8 Å². The lowest BCUT2D eigenvalue weighted by molar-refractivity contribution is -0.138. The van der Waals surface area contributed by atoms with Crippen LogP contribution in [0.5, 0.6) is 5.75 Å². The van der Waals surface area contributed by atoms with E-state index in [9.17, 15) is 4.79 Å². The van der Waals surface area contributed by atoms with Gasteiger partial charge in [0.2, 0.25) is 5.91 Å². The van der Waals surface area contributed by atoms with Crippen LogP contribution in [0.2, 0.25) is 0 Å². The Labute approximate surface area is 131 Å². The normalized spacial score (nSPS) is 20.0. The van der Waals surface area contributed by atoms with Crippen LogP contribution in [-0.4, -0.2) is 57.3 Å². The van der Waals surface area contributed by atoms with E-state index in [1.807, 2.05) is 23.1 Å². The standard InChI is InChI=1S/C17H24N2O3/c1-21-16-5-3-2-4-15(16)18-8-10-19(11-9-18)17(20)14-6-12-22-13-7-14/h2-5,14H,6-13H2,1H3. The molecular formula is C17H24N2O3. The Balaban J connectivity index is 1.59. The van der Waals surface area contributed by atoms with Gasteiger partial charge in [-0.15, -0.1) is 0 Å². The molecule has 5 nitrogen and oxygen atoms in total. The van der Waals surface area contributed by atoms with Crippen molar-refractivity contribution in [1.29, 1.82) is 0 Å². The molecule has 0 atom stereocenters. The second kappa shape index (κ2) is 7.01. The van der Waals surface area contributed by atoms with E-state index in [1.165, 1.54) is 0 Å². The molecule has 120 valence electrons. The molecule has 2 saturated heterocycles. The predicted molar refractivity (Wildman–Crippen MR) is 85.3 cm³/mol. The van der Waals surface area contributed by atoms with Crippen molar-refractivity contribution in [3.8, 4) is 5.75 Å². The summed E-state index contributed by atoms with van der Waals surface area (Å²) >= 11 is 0. The molecule has 0 aromatic heterocycles. The molecule has 0 spiro atoms. The van der Waals surface area contributed by atoms with Gasteiger partial charge in [0.1, 0.15) is 5.75 Å². The summed E-state index contributed by atoms with van der Waals surface area (Å²) in [6, 6.07) is 8.06. The molecule has 5 heteroatoms. The quantitative estimate of drug-likeness (QED) is 0.853. The lowest BCUT2D eigenvalue weighted by Gasteiger charge is -2.38. The van der Waals surface area contributed by atoms with Crippen molar-refractivity contribution < 1.29 is 14.3 Å². The second-order valence-electron chi connectivity index (χ2n) is 5.87. The third-order valence-electron chi connectivity index (χ3n) is 4.59. The Bertz CT molecular complexity index is 506. The minimum absolute atomic E-state index is 0.159. The zero-order chi connectivity index (χ0) is 15.4. The number of anilines is 1. The third kappa shape index (κ3) is 3.19. The maximum Gasteiger partial charge on any atom is 0.225 e. The van der Waals surface area contributed by atoms with E-state index >= 15 is 0 Å². The number of amides is 1. The summed E-state index contributed by atoms with van der Waals surface area (Å²) in [7, 11) is 1.70. The molecule has 2 heterocycles. The molecule has 1 amide bonds. The molecule has 0 aliphatic carbocycles. The molecule has 22 heavy (non-hydrogen) atoms. The number of carbonyl (C=O) groups excluding carboxylic acids is 1. The monoisotopic (exact) mass is 304 g/mol. The first-order valence-electron chi connectivity index (χ1n) is 8.04. The summed E-state index contributed by atoms with van der Waals surface area (Å²) in [6.45, 7) is 4.72. The first-order valence-corrected chi connectivity index (χ1v) is 8.04. The molecule has 0 bridgehead atoms. The topological polar surface area (TPSA) is 42.0 Å². The number of ether oxygens (including phenoxy) is 2. The lowest BCUT2D eigenvalue weighted by Crippen LogP contribution is -2.51. The Morgan fingerprint density at radius 2 is 1.82 bits per heavy atom. The smallest absolute Gasteiger partial charge is 0.225 e. The SMILES string of the molecule is COc1ccccc1N1CCN(C(=O)C2CCOCC2)CC1. The molecule has 3 rings (SSSR count). The van der Waals surface area contributed by atoms with Gasteiger partial charge in [0.15, 0.2) is 0 Å². The zero-order valence-corrected chi connectivity index (χ0v) is 13.2. The summed E-state index contributed by atoms with van der Waals surface area (Å²) in [5.41, 5.74) is 1.11. The maximum atomic E-state index is 12.5. The number of carbonyl (C=O) groups is 1. The first kappa shape index (κ1) is 15.2. The molecule has 2 aliphatic heterocycles. The molecule has 0 unspecified atom stereocenters. The van der Waals surface area contributed by atoms with Gasteiger partial charge in [-0.1, -0.05) is 12.1 Å². The Hall–Kier alpha value is -1.75. The fourth-order valence-electron chi connectivity index (χ4n) is 3.26. The molecule has 0 saturated carbocycles. The summed E-state index contributed by atoms with van der Waals surface area (Å²) in [5.74, 6) is 1.36. The van der Waals surface area contributed by atoms with E-state index in [4.69, 9.17) is 9.47 Å². The fourth-order valence-corrected chi connectivity index (χ4v) is 3.26. The van der Waals surface area contributed by atoms with E-state index in [-0.39, 0.29) is 5.92 Å². The molecular weight excluding hydrogens is 280 g/mol. The summed E-state index contributed by atoms with van der Waals surface area (Å²) in [6.07, 6.45) is 1.73. The third-order valence-corrected chi connectivity index (χ3v) is 4.59. The van der Waals surface area contributed by atoms with Crippen LogP contribution < -0.4 is 9.64 Å². The van der Waals surface area contributed by atoms with Crippen molar-refractivity contribution in [2.24, 2.45) is 5.92 Å². The number of nitrogens with zero attached hydrogens (tertiary/aromatic N) is 2. The van der Waals surface area contributed by atoms with Gasteiger partial charge >= 0.3 is 0 Å².